The van der Waals surface area contributed by atoms with Crippen molar-refractivity contribution in [2.75, 3.05) is 26.2 Å². The van der Waals surface area contributed by atoms with E-state index in [1.165, 1.54) is 0 Å². The molecule has 1 rings (SSSR count). The Hall–Kier alpha value is -6.94. The maximum atomic E-state index is 14.3. The highest BCUT2D eigenvalue weighted by molar-refractivity contribution is 6.38. The highest BCUT2D eigenvalue weighted by Gasteiger charge is 2.36. The number of benzene rings is 1. The van der Waals surface area contributed by atoms with Crippen LogP contribution in [0.15, 0.2) is 30.3 Å². The van der Waals surface area contributed by atoms with E-state index in [9.17, 15) is 62.6 Å². The Kier molecular flexibility index (Phi) is 24.0. The van der Waals surface area contributed by atoms with Crippen LogP contribution in [0.2, 0.25) is 0 Å². The number of carbonyl (C=O) groups excluding carboxylic acids is 9. The summed E-state index contributed by atoms with van der Waals surface area (Å²) in [7, 11) is 0. The summed E-state index contributed by atoms with van der Waals surface area (Å²) in [4.78, 5) is 153. The highest BCUT2D eigenvalue weighted by Crippen LogP contribution is 2.12. The van der Waals surface area contributed by atoms with Crippen LogP contribution in [0.1, 0.15) is 90.4 Å². The molecule has 1 aromatic rings. The maximum absolute atomic E-state index is 14.3. The first-order chi connectivity index (χ1) is 30.0. The van der Waals surface area contributed by atoms with Crippen molar-refractivity contribution in [3.05, 3.63) is 35.9 Å². The van der Waals surface area contributed by atoms with Gasteiger partial charge in [0, 0.05) is 38.4 Å². The highest BCUT2D eigenvalue weighted by atomic mass is 16.4. The van der Waals surface area contributed by atoms with Gasteiger partial charge in [-0.25, -0.2) is 0 Å². The molecule has 0 spiro atoms. The first-order valence-corrected chi connectivity index (χ1v) is 20.6. The molecule has 354 valence electrons. The van der Waals surface area contributed by atoms with Crippen LogP contribution in [0.5, 0.6) is 0 Å². The van der Waals surface area contributed by atoms with Crippen molar-refractivity contribution in [3.63, 3.8) is 0 Å². The molecule has 23 heteroatoms. The number of aliphatic carboxylic acids is 3. The summed E-state index contributed by atoms with van der Waals surface area (Å²) in [6, 6.07) is 0.848. The average Bonchev–Trinajstić information content (AvgIpc) is 3.22. The summed E-state index contributed by atoms with van der Waals surface area (Å²) in [5.41, 5.74) is 0.296. The predicted molar refractivity (Wildman–Crippen MR) is 225 cm³/mol. The van der Waals surface area contributed by atoms with Gasteiger partial charge >= 0.3 is 17.9 Å². The van der Waals surface area contributed by atoms with E-state index < -0.39 is 145 Å². The Morgan fingerprint density at radius 1 is 0.609 bits per heavy atom. The van der Waals surface area contributed by atoms with Crippen molar-refractivity contribution in [3.8, 4) is 0 Å². The van der Waals surface area contributed by atoms with Crippen LogP contribution in [0.3, 0.4) is 0 Å². The Balaban J connectivity index is 3.44. The summed E-state index contributed by atoms with van der Waals surface area (Å²) >= 11 is 0. The van der Waals surface area contributed by atoms with E-state index in [1.54, 1.807) is 65.0 Å². The van der Waals surface area contributed by atoms with Crippen LogP contribution < -0.4 is 37.2 Å². The van der Waals surface area contributed by atoms with Crippen molar-refractivity contribution < 1.29 is 72.9 Å². The number of carboxylic acid groups (broad SMARTS) is 3. The molecule has 0 heterocycles. The number of nitrogens with one attached hydrogen (secondary N) is 7. The lowest BCUT2D eigenvalue weighted by Gasteiger charge is -2.32. The minimum Gasteiger partial charge on any atom is -0.481 e. The standard InChI is InChI=1S/C41H60N8O15/c1-7-11-26(35(58)40(63)43-20-32(56)57)45-29(51)21-49(19-18-42-36(59)25-12-9-8-10-13-25)41(64)34(23(4)5)48-39(62)33(22(2)3)47-38(61)28(15-17-31(54)55)46-37(60)27(44-24(6)50)14-16-30(52)53/h8-10,12-13,22-23,26-28,33-34H,7,11,14-21H2,1-6H3,(H,42,59)(H,43,63)(H,44,50)(H,45,51)(H,46,60)(H,47,61)(H,48,62)(H,52,53)(H,54,55)(H,56,57). The second-order valence-electron chi connectivity index (χ2n) is 15.4. The fourth-order valence-electron chi connectivity index (χ4n) is 5.97. The summed E-state index contributed by atoms with van der Waals surface area (Å²) < 4.78 is 0. The first kappa shape index (κ1) is 55.1. The monoisotopic (exact) mass is 904 g/mol. The van der Waals surface area contributed by atoms with E-state index in [4.69, 9.17) is 10.2 Å². The number of ketones is 1. The van der Waals surface area contributed by atoms with Crippen molar-refractivity contribution in [1.29, 1.82) is 0 Å². The van der Waals surface area contributed by atoms with Crippen molar-refractivity contribution in [1.82, 2.24) is 42.1 Å². The Labute approximate surface area is 369 Å². The van der Waals surface area contributed by atoms with Crippen molar-refractivity contribution in [2.45, 2.75) is 110 Å². The Morgan fingerprint density at radius 2 is 1.14 bits per heavy atom. The summed E-state index contributed by atoms with van der Waals surface area (Å²) in [6.07, 6.45) is -1.72. The molecule has 10 N–H and O–H groups in total. The number of amides is 8. The van der Waals surface area contributed by atoms with Crippen LogP contribution in [0.4, 0.5) is 0 Å². The van der Waals surface area contributed by atoms with Crippen LogP contribution in [-0.2, 0) is 52.7 Å². The summed E-state index contributed by atoms with van der Waals surface area (Å²) in [5.74, 6) is -13.6. The molecular formula is C41H60N8O15. The molecule has 0 saturated carbocycles. The van der Waals surface area contributed by atoms with Gasteiger partial charge in [-0.3, -0.25) is 57.5 Å². The predicted octanol–water partition coefficient (Wildman–Crippen LogP) is -1.70. The Bertz CT molecular complexity index is 1860. The van der Waals surface area contributed by atoms with Crippen molar-refractivity contribution in [2.24, 2.45) is 11.8 Å². The van der Waals surface area contributed by atoms with Gasteiger partial charge < -0.3 is 57.4 Å². The molecule has 8 amide bonds. The van der Waals surface area contributed by atoms with Crippen molar-refractivity contribution >= 4 is 70.9 Å². The van der Waals surface area contributed by atoms with E-state index in [1.807, 2.05) is 5.32 Å². The maximum Gasteiger partial charge on any atom is 0.322 e. The number of hydrogen-bond donors (Lipinski definition) is 10. The minimum atomic E-state index is -1.59. The number of carboxylic acids is 3. The first-order valence-electron chi connectivity index (χ1n) is 20.6. The lowest BCUT2D eigenvalue weighted by molar-refractivity contribution is -0.143. The third kappa shape index (κ3) is 20.3. The quantitative estimate of drug-likeness (QED) is 0.0401. The average molecular weight is 905 g/mol. The molecule has 0 aromatic heterocycles. The molecule has 64 heavy (non-hydrogen) atoms. The molecule has 0 aliphatic rings. The van der Waals surface area contributed by atoms with Gasteiger partial charge in [0.15, 0.2) is 0 Å². The molecule has 1 aromatic carbocycles. The van der Waals surface area contributed by atoms with Gasteiger partial charge in [-0.05, 0) is 43.2 Å². The number of Topliss-reactive ketones (excluding diaryl/α,β-unsaturated/α-hetero) is 1. The van der Waals surface area contributed by atoms with Gasteiger partial charge in [-0.1, -0.05) is 59.2 Å². The lowest BCUT2D eigenvalue weighted by atomic mass is 9.98. The molecule has 0 radical (unpaired) electrons. The topological polar surface area (TPSA) is 353 Å². The van der Waals surface area contributed by atoms with Crippen LogP contribution >= 0.6 is 0 Å². The zero-order valence-electron chi connectivity index (χ0n) is 36.7. The molecule has 5 atom stereocenters. The number of nitrogens with zero attached hydrogens (tertiary/aromatic N) is 1. The van der Waals surface area contributed by atoms with E-state index in [-0.39, 0.29) is 25.9 Å². The van der Waals surface area contributed by atoms with Gasteiger partial charge in [0.05, 0.1) is 12.6 Å². The van der Waals surface area contributed by atoms with Gasteiger partial charge in [0.2, 0.25) is 41.2 Å². The summed E-state index contributed by atoms with van der Waals surface area (Å²) in [6.45, 7) is 6.86. The fraction of sp³-hybridized carbons (Fsp3) is 0.561. The minimum absolute atomic E-state index is 0.0272. The number of rotatable bonds is 29. The second-order valence-corrected chi connectivity index (χ2v) is 15.4. The molecule has 5 unspecified atom stereocenters. The largest absolute Gasteiger partial charge is 0.481 e. The fourth-order valence-corrected chi connectivity index (χ4v) is 5.97. The van der Waals surface area contributed by atoms with Gasteiger partial charge in [-0.15, -0.1) is 0 Å². The smallest absolute Gasteiger partial charge is 0.322 e. The van der Waals surface area contributed by atoms with Crippen LogP contribution in [0.25, 0.3) is 0 Å². The Morgan fingerprint density at radius 3 is 1.64 bits per heavy atom. The second kappa shape index (κ2) is 27.9. The zero-order chi connectivity index (χ0) is 48.7. The van der Waals surface area contributed by atoms with E-state index in [0.29, 0.717) is 12.0 Å². The molecular weight excluding hydrogens is 844 g/mol. The number of carbonyl (C=O) groups is 12. The zero-order valence-corrected chi connectivity index (χ0v) is 36.7. The van der Waals surface area contributed by atoms with E-state index in [0.717, 1.165) is 11.8 Å². The SMILES string of the molecule is CCCC(NC(=O)CN(CCNC(=O)c1ccccc1)C(=O)C(NC(=O)C(NC(=O)C(CCC(=O)O)NC(=O)C(CCC(=O)O)NC(C)=O)C(C)C)C(C)C)C(=O)C(=O)NCC(=O)O. The molecule has 0 fully saturated rings. The lowest BCUT2D eigenvalue weighted by Crippen LogP contribution is -2.61. The molecule has 0 bridgehead atoms. The van der Waals surface area contributed by atoms with E-state index >= 15 is 0 Å². The van der Waals surface area contributed by atoms with Gasteiger partial charge in [0.25, 0.3) is 11.8 Å². The normalized spacial score (nSPS) is 13.1. The van der Waals surface area contributed by atoms with E-state index in [2.05, 4.69) is 31.9 Å². The van der Waals surface area contributed by atoms with Crippen LogP contribution in [-0.4, -0.2) is 148 Å². The van der Waals surface area contributed by atoms with Crippen LogP contribution in [0, 0.1) is 11.8 Å². The van der Waals surface area contributed by atoms with Gasteiger partial charge in [0.1, 0.15) is 30.7 Å². The molecule has 0 saturated heterocycles. The molecule has 23 nitrogen and oxygen atoms in total. The number of hydrogen-bond acceptors (Lipinski definition) is 12. The third-order valence-corrected chi connectivity index (χ3v) is 9.30. The summed E-state index contributed by atoms with van der Waals surface area (Å²) in [5, 5.41) is 44.0. The molecule has 0 aliphatic heterocycles. The van der Waals surface area contributed by atoms with Gasteiger partial charge in [-0.2, -0.15) is 0 Å². The molecule has 0 aliphatic carbocycles. The third-order valence-electron chi connectivity index (χ3n) is 9.30.